The Balaban J connectivity index is 2.54. The average molecular weight is 274 g/mol. The smallest absolute Gasteiger partial charge is 0.328 e. The number of hydrogen-bond acceptors (Lipinski definition) is 2. The maximum absolute atomic E-state index is 13.2. The fourth-order valence-corrected chi connectivity index (χ4v) is 1.29. The second-order valence-electron chi connectivity index (χ2n) is 2.75. The van der Waals surface area contributed by atoms with Gasteiger partial charge in [0.15, 0.2) is 0 Å². The van der Waals surface area contributed by atoms with Crippen LogP contribution < -0.4 is 5.32 Å². The molecule has 1 aromatic rings. The molecule has 80 valence electrons. The van der Waals surface area contributed by atoms with E-state index in [4.69, 9.17) is 5.11 Å². The molecule has 0 heterocycles. The third-order valence-corrected chi connectivity index (χ3v) is 2.10. The van der Waals surface area contributed by atoms with Gasteiger partial charge in [0.1, 0.15) is 5.82 Å². The molecule has 0 saturated carbocycles. The summed E-state index contributed by atoms with van der Waals surface area (Å²) in [6.07, 6.45) is 2.41. The number of anilines is 1. The summed E-state index contributed by atoms with van der Waals surface area (Å²) in [7, 11) is 0. The van der Waals surface area contributed by atoms with Gasteiger partial charge in [0.2, 0.25) is 0 Å². The van der Waals surface area contributed by atoms with Crippen molar-refractivity contribution < 1.29 is 14.3 Å². The van der Waals surface area contributed by atoms with Crippen molar-refractivity contribution in [1.82, 2.24) is 0 Å². The van der Waals surface area contributed by atoms with Crippen molar-refractivity contribution in [2.75, 3.05) is 11.9 Å². The number of nitrogens with one attached hydrogen (secondary N) is 1. The molecule has 0 aliphatic rings. The van der Waals surface area contributed by atoms with Crippen LogP contribution in [0.5, 0.6) is 0 Å². The van der Waals surface area contributed by atoms with Gasteiger partial charge in [0, 0.05) is 17.1 Å². The second-order valence-corrected chi connectivity index (χ2v) is 3.66. The number of aliphatic carboxylic acids is 1. The minimum Gasteiger partial charge on any atom is -0.478 e. The zero-order valence-electron chi connectivity index (χ0n) is 7.71. The van der Waals surface area contributed by atoms with Gasteiger partial charge in [-0.15, -0.1) is 0 Å². The number of carbonyl (C=O) groups is 1. The number of rotatable bonds is 4. The predicted molar refractivity (Wildman–Crippen MR) is 59.4 cm³/mol. The van der Waals surface area contributed by atoms with E-state index in [-0.39, 0.29) is 12.4 Å². The molecular formula is C10H9BrFNO2. The lowest BCUT2D eigenvalue weighted by atomic mass is 10.3. The topological polar surface area (TPSA) is 49.3 Å². The third kappa shape index (κ3) is 4.12. The van der Waals surface area contributed by atoms with E-state index in [9.17, 15) is 9.18 Å². The summed E-state index contributed by atoms with van der Waals surface area (Å²) in [5.41, 5.74) is 0.341. The molecule has 15 heavy (non-hydrogen) atoms. The van der Waals surface area contributed by atoms with Gasteiger partial charge in [-0.05, 0) is 18.2 Å². The lowest BCUT2D eigenvalue weighted by molar-refractivity contribution is -0.131. The van der Waals surface area contributed by atoms with Crippen LogP contribution in [0.15, 0.2) is 34.8 Å². The number of benzene rings is 1. The maximum Gasteiger partial charge on any atom is 0.328 e. The molecule has 0 unspecified atom stereocenters. The zero-order chi connectivity index (χ0) is 11.3. The van der Waals surface area contributed by atoms with E-state index in [1.54, 1.807) is 12.1 Å². The van der Waals surface area contributed by atoms with Gasteiger partial charge in [-0.3, -0.25) is 0 Å². The van der Waals surface area contributed by atoms with Crippen molar-refractivity contribution in [3.8, 4) is 0 Å². The van der Waals surface area contributed by atoms with Crippen LogP contribution in [0.1, 0.15) is 0 Å². The normalized spacial score (nSPS) is 10.5. The summed E-state index contributed by atoms with van der Waals surface area (Å²) >= 11 is 3.14. The molecule has 1 aromatic carbocycles. The van der Waals surface area contributed by atoms with Crippen molar-refractivity contribution in [1.29, 1.82) is 0 Å². The first kappa shape index (κ1) is 11.7. The Labute approximate surface area is 94.7 Å². The molecule has 0 aliphatic carbocycles. The second kappa shape index (κ2) is 5.50. The SMILES string of the molecule is O=C(O)/C=C/CNc1ccc(Br)cc1F. The first-order valence-electron chi connectivity index (χ1n) is 4.18. The van der Waals surface area contributed by atoms with Crippen LogP contribution in [0, 0.1) is 5.82 Å². The number of carboxylic acids is 1. The molecule has 0 atom stereocenters. The minimum absolute atomic E-state index is 0.269. The van der Waals surface area contributed by atoms with E-state index < -0.39 is 5.97 Å². The van der Waals surface area contributed by atoms with Crippen LogP contribution in [-0.2, 0) is 4.79 Å². The van der Waals surface area contributed by atoms with E-state index in [1.807, 2.05) is 0 Å². The minimum atomic E-state index is -1.02. The molecule has 0 bridgehead atoms. The molecule has 2 N–H and O–H groups in total. The van der Waals surface area contributed by atoms with Crippen molar-refractivity contribution >= 4 is 27.6 Å². The summed E-state index contributed by atoms with van der Waals surface area (Å²) in [5.74, 6) is -1.40. The Kier molecular flexibility index (Phi) is 4.30. The molecule has 0 saturated heterocycles. The van der Waals surface area contributed by atoms with E-state index in [0.29, 0.717) is 10.2 Å². The van der Waals surface area contributed by atoms with Gasteiger partial charge < -0.3 is 10.4 Å². The number of carboxylic acid groups (broad SMARTS) is 1. The lowest BCUT2D eigenvalue weighted by Crippen LogP contribution is -2.01. The average Bonchev–Trinajstić information content (AvgIpc) is 2.14. The predicted octanol–water partition coefficient (Wildman–Crippen LogP) is 2.64. The van der Waals surface area contributed by atoms with Gasteiger partial charge >= 0.3 is 5.97 Å². The molecule has 1 rings (SSSR count). The van der Waals surface area contributed by atoms with Gasteiger partial charge in [0.25, 0.3) is 0 Å². The fourth-order valence-electron chi connectivity index (χ4n) is 0.961. The van der Waals surface area contributed by atoms with Crippen molar-refractivity contribution in [3.63, 3.8) is 0 Å². The van der Waals surface area contributed by atoms with E-state index in [2.05, 4.69) is 21.2 Å². The Morgan fingerprint density at radius 3 is 2.93 bits per heavy atom. The molecule has 0 aliphatic heterocycles. The molecule has 0 aromatic heterocycles. The summed E-state index contributed by atoms with van der Waals surface area (Å²) in [6, 6.07) is 4.61. The monoisotopic (exact) mass is 273 g/mol. The van der Waals surface area contributed by atoms with E-state index >= 15 is 0 Å². The van der Waals surface area contributed by atoms with E-state index in [0.717, 1.165) is 6.08 Å². The Bertz CT molecular complexity index is 393. The fraction of sp³-hybridized carbons (Fsp3) is 0.100. The van der Waals surface area contributed by atoms with Crippen molar-refractivity contribution in [2.45, 2.75) is 0 Å². The van der Waals surface area contributed by atoms with Crippen LogP contribution in [-0.4, -0.2) is 17.6 Å². The maximum atomic E-state index is 13.2. The van der Waals surface area contributed by atoms with Crippen LogP contribution >= 0.6 is 15.9 Å². The highest BCUT2D eigenvalue weighted by molar-refractivity contribution is 9.10. The molecular weight excluding hydrogens is 265 g/mol. The van der Waals surface area contributed by atoms with Gasteiger partial charge in [0.05, 0.1) is 5.69 Å². The van der Waals surface area contributed by atoms with Crippen molar-refractivity contribution in [2.24, 2.45) is 0 Å². The first-order valence-corrected chi connectivity index (χ1v) is 4.97. The molecule has 0 fully saturated rings. The number of halogens is 2. The largest absolute Gasteiger partial charge is 0.478 e. The molecule has 0 spiro atoms. The number of hydrogen-bond donors (Lipinski definition) is 2. The highest BCUT2D eigenvalue weighted by atomic mass is 79.9. The van der Waals surface area contributed by atoms with Crippen molar-refractivity contribution in [3.05, 3.63) is 40.6 Å². The Morgan fingerprint density at radius 2 is 2.33 bits per heavy atom. The molecule has 0 radical (unpaired) electrons. The Morgan fingerprint density at radius 1 is 1.60 bits per heavy atom. The molecule has 3 nitrogen and oxygen atoms in total. The van der Waals surface area contributed by atoms with Gasteiger partial charge in [-0.1, -0.05) is 22.0 Å². The van der Waals surface area contributed by atoms with Crippen LogP contribution in [0.2, 0.25) is 0 Å². The molecule has 5 heteroatoms. The Hall–Kier alpha value is -1.36. The summed E-state index contributed by atoms with van der Waals surface area (Å²) in [4.78, 5) is 10.1. The lowest BCUT2D eigenvalue weighted by Gasteiger charge is -2.04. The highest BCUT2D eigenvalue weighted by Gasteiger charge is 2.00. The third-order valence-electron chi connectivity index (χ3n) is 1.60. The first-order chi connectivity index (χ1) is 7.09. The summed E-state index contributed by atoms with van der Waals surface area (Å²) < 4.78 is 13.9. The van der Waals surface area contributed by atoms with Gasteiger partial charge in [-0.2, -0.15) is 0 Å². The molecule has 0 amide bonds. The standard InChI is InChI=1S/C10H9BrFNO2/c11-7-3-4-9(8(12)6-7)13-5-1-2-10(14)15/h1-4,6,13H,5H2,(H,14,15)/b2-1+. The van der Waals surface area contributed by atoms with E-state index in [1.165, 1.54) is 12.1 Å². The highest BCUT2D eigenvalue weighted by Crippen LogP contribution is 2.18. The summed E-state index contributed by atoms with van der Waals surface area (Å²) in [5, 5.41) is 11.1. The van der Waals surface area contributed by atoms with Gasteiger partial charge in [-0.25, -0.2) is 9.18 Å². The van der Waals surface area contributed by atoms with Crippen LogP contribution in [0.25, 0.3) is 0 Å². The van der Waals surface area contributed by atoms with Crippen LogP contribution in [0.3, 0.4) is 0 Å². The zero-order valence-corrected chi connectivity index (χ0v) is 9.29. The summed E-state index contributed by atoms with van der Waals surface area (Å²) in [6.45, 7) is 0.269. The quantitative estimate of drug-likeness (QED) is 0.830. The van der Waals surface area contributed by atoms with Crippen LogP contribution in [0.4, 0.5) is 10.1 Å².